The minimum atomic E-state index is -0.165. The van der Waals surface area contributed by atoms with Crippen LogP contribution in [0.15, 0.2) is 58.3 Å². The first-order chi connectivity index (χ1) is 10.8. The number of hydrogen-bond donors (Lipinski definition) is 1. The van der Waals surface area contributed by atoms with Crippen molar-refractivity contribution in [3.8, 4) is 0 Å². The quantitative estimate of drug-likeness (QED) is 0.696. The number of aliphatic imine (C=N–C) groups is 1. The van der Waals surface area contributed by atoms with Crippen LogP contribution in [0.4, 0.5) is 5.82 Å². The smallest absolute Gasteiger partial charge is 0.140 e. The van der Waals surface area contributed by atoms with Gasteiger partial charge in [0.05, 0.1) is 10.6 Å². The maximum atomic E-state index is 5.57. The van der Waals surface area contributed by atoms with Gasteiger partial charge in [-0.1, -0.05) is 24.4 Å². The lowest BCUT2D eigenvalue weighted by molar-refractivity contribution is 1.01. The third kappa shape index (κ3) is 2.39. The predicted octanol–water partition coefficient (Wildman–Crippen LogP) is 4.54. The molecule has 4 heterocycles. The molecule has 0 bridgehead atoms. The van der Waals surface area contributed by atoms with Gasteiger partial charge in [-0.05, 0) is 35.0 Å². The van der Waals surface area contributed by atoms with Gasteiger partial charge in [0, 0.05) is 16.6 Å². The van der Waals surface area contributed by atoms with Crippen LogP contribution in [0.25, 0.3) is 0 Å². The summed E-state index contributed by atoms with van der Waals surface area (Å²) in [6.07, 6.45) is 1.77. The van der Waals surface area contributed by atoms with E-state index < -0.39 is 0 Å². The highest BCUT2D eigenvalue weighted by Gasteiger charge is 2.25. The number of thiocarbonyl (C=S) groups is 1. The molecule has 1 aliphatic heterocycles. The predicted molar refractivity (Wildman–Crippen MR) is 97.5 cm³/mol. The van der Waals surface area contributed by atoms with Crippen molar-refractivity contribution in [3.05, 3.63) is 68.7 Å². The van der Waals surface area contributed by atoms with E-state index in [2.05, 4.69) is 33.2 Å². The number of hydrogen-bond acceptors (Lipinski definition) is 5. The van der Waals surface area contributed by atoms with Crippen molar-refractivity contribution >= 4 is 51.4 Å². The molecular formula is C16H11N3S3. The first kappa shape index (κ1) is 13.8. The molecule has 1 N–H and O–H groups in total. The van der Waals surface area contributed by atoms with Crippen molar-refractivity contribution in [2.45, 2.75) is 6.04 Å². The third-order valence-corrected chi connectivity index (χ3v) is 5.50. The zero-order chi connectivity index (χ0) is 14.9. The molecule has 22 heavy (non-hydrogen) atoms. The van der Waals surface area contributed by atoms with Crippen LogP contribution in [0.2, 0.25) is 0 Å². The first-order valence-corrected chi connectivity index (χ1v) is 8.91. The maximum absolute atomic E-state index is 5.57. The van der Waals surface area contributed by atoms with Crippen LogP contribution in [-0.4, -0.2) is 15.7 Å². The number of aromatic nitrogens is 1. The molecule has 108 valence electrons. The number of anilines is 1. The van der Waals surface area contributed by atoms with Gasteiger partial charge < -0.3 is 5.32 Å². The molecule has 0 amide bonds. The SMILES string of the molecule is S=C1Nc2ncccc2C(c2cccs2)=NC1c1cccs1. The Hall–Kier alpha value is -1.89. The highest BCUT2D eigenvalue weighted by Crippen LogP contribution is 2.32. The molecule has 0 aliphatic carbocycles. The van der Waals surface area contributed by atoms with Crippen molar-refractivity contribution < 1.29 is 0 Å². The first-order valence-electron chi connectivity index (χ1n) is 6.74. The van der Waals surface area contributed by atoms with Gasteiger partial charge in [-0.15, -0.1) is 22.7 Å². The molecule has 3 aromatic rings. The lowest BCUT2D eigenvalue weighted by Crippen LogP contribution is -2.16. The zero-order valence-electron chi connectivity index (χ0n) is 11.4. The van der Waals surface area contributed by atoms with E-state index in [1.807, 2.05) is 24.3 Å². The molecule has 1 atom stereocenters. The zero-order valence-corrected chi connectivity index (χ0v) is 13.8. The molecular weight excluding hydrogens is 330 g/mol. The monoisotopic (exact) mass is 341 g/mol. The molecule has 3 nitrogen and oxygen atoms in total. The summed E-state index contributed by atoms with van der Waals surface area (Å²) in [5, 5.41) is 7.38. The fraction of sp³-hybridized carbons (Fsp3) is 0.0625. The van der Waals surface area contributed by atoms with Crippen LogP contribution >= 0.6 is 34.9 Å². The lowest BCUT2D eigenvalue weighted by Gasteiger charge is -2.11. The summed E-state index contributed by atoms with van der Waals surface area (Å²) in [4.78, 5) is 12.4. The average Bonchev–Trinajstić information content (AvgIpc) is 3.20. The van der Waals surface area contributed by atoms with E-state index in [1.165, 1.54) is 0 Å². The van der Waals surface area contributed by atoms with Crippen molar-refractivity contribution in [1.82, 2.24) is 4.98 Å². The Morgan fingerprint density at radius 3 is 2.68 bits per heavy atom. The summed E-state index contributed by atoms with van der Waals surface area (Å²) in [6.45, 7) is 0. The number of rotatable bonds is 2. The molecule has 4 rings (SSSR count). The van der Waals surface area contributed by atoms with Crippen LogP contribution < -0.4 is 5.32 Å². The standard InChI is InChI=1S/C16H11N3S3/c20-16-14(12-6-3-9-22-12)18-13(11-5-2-8-21-11)10-4-1-7-17-15(10)19-16/h1-9,14H,(H,17,19,20). The average molecular weight is 341 g/mol. The lowest BCUT2D eigenvalue weighted by atomic mass is 10.1. The van der Waals surface area contributed by atoms with Gasteiger partial charge in [0.2, 0.25) is 0 Å². The van der Waals surface area contributed by atoms with Crippen molar-refractivity contribution in [2.75, 3.05) is 5.32 Å². The number of pyridine rings is 1. The summed E-state index contributed by atoms with van der Waals surface area (Å²) in [5.41, 5.74) is 1.94. The van der Waals surface area contributed by atoms with Crippen LogP contribution in [-0.2, 0) is 0 Å². The van der Waals surface area contributed by atoms with Crippen molar-refractivity contribution in [3.63, 3.8) is 0 Å². The van der Waals surface area contributed by atoms with Gasteiger partial charge in [0.25, 0.3) is 0 Å². The Balaban J connectivity index is 1.92. The van der Waals surface area contributed by atoms with Crippen LogP contribution in [0.1, 0.15) is 21.4 Å². The molecule has 0 saturated carbocycles. The molecule has 0 aromatic carbocycles. The summed E-state index contributed by atoms with van der Waals surface area (Å²) in [6, 6.07) is 12.0. The van der Waals surface area contributed by atoms with Crippen LogP contribution in [0.5, 0.6) is 0 Å². The third-order valence-electron chi connectivity index (χ3n) is 3.38. The van der Waals surface area contributed by atoms with Gasteiger partial charge in [-0.2, -0.15) is 0 Å². The number of nitrogens with zero attached hydrogens (tertiary/aromatic N) is 2. The second kappa shape index (κ2) is 5.72. The summed E-state index contributed by atoms with van der Waals surface area (Å²) < 4.78 is 0. The Kier molecular flexibility index (Phi) is 3.57. The molecule has 0 fully saturated rings. The minimum absolute atomic E-state index is 0.165. The van der Waals surface area contributed by atoms with Gasteiger partial charge in [0.15, 0.2) is 0 Å². The fourth-order valence-electron chi connectivity index (χ4n) is 2.39. The highest BCUT2D eigenvalue weighted by molar-refractivity contribution is 7.80. The Bertz CT molecular complexity index is 835. The molecule has 0 radical (unpaired) electrons. The minimum Gasteiger partial charge on any atom is -0.332 e. The molecule has 0 spiro atoms. The van der Waals surface area contributed by atoms with E-state index in [4.69, 9.17) is 17.2 Å². The molecule has 3 aromatic heterocycles. The highest BCUT2D eigenvalue weighted by atomic mass is 32.1. The normalized spacial score (nSPS) is 17.4. The van der Waals surface area contributed by atoms with Gasteiger partial charge >= 0.3 is 0 Å². The van der Waals surface area contributed by atoms with Crippen LogP contribution in [0.3, 0.4) is 0 Å². The van der Waals surface area contributed by atoms with Gasteiger partial charge in [-0.25, -0.2) is 4.98 Å². The Morgan fingerprint density at radius 2 is 1.91 bits per heavy atom. The second-order valence-corrected chi connectivity index (χ2v) is 7.13. The van der Waals surface area contributed by atoms with Crippen molar-refractivity contribution in [2.24, 2.45) is 4.99 Å². The van der Waals surface area contributed by atoms with Crippen LogP contribution in [0, 0.1) is 0 Å². The molecule has 1 aliphatic rings. The largest absolute Gasteiger partial charge is 0.332 e. The number of fused-ring (bicyclic) bond motifs is 1. The summed E-state index contributed by atoms with van der Waals surface area (Å²) in [5.74, 6) is 0.777. The van der Waals surface area contributed by atoms with E-state index >= 15 is 0 Å². The Labute approximate surface area is 141 Å². The Morgan fingerprint density at radius 1 is 1.05 bits per heavy atom. The van der Waals surface area contributed by atoms with Gasteiger partial charge in [-0.3, -0.25) is 4.99 Å². The van der Waals surface area contributed by atoms with E-state index in [1.54, 1.807) is 28.9 Å². The van der Waals surface area contributed by atoms with Gasteiger partial charge in [0.1, 0.15) is 16.8 Å². The molecule has 1 unspecified atom stereocenters. The van der Waals surface area contributed by atoms with E-state index in [-0.39, 0.29) is 6.04 Å². The van der Waals surface area contributed by atoms with Crippen molar-refractivity contribution in [1.29, 1.82) is 0 Å². The maximum Gasteiger partial charge on any atom is 0.140 e. The number of nitrogens with one attached hydrogen (secondary N) is 1. The van der Waals surface area contributed by atoms with E-state index in [9.17, 15) is 0 Å². The summed E-state index contributed by atoms with van der Waals surface area (Å²) >= 11 is 8.92. The summed E-state index contributed by atoms with van der Waals surface area (Å²) in [7, 11) is 0. The van der Waals surface area contributed by atoms with E-state index in [0.29, 0.717) is 4.99 Å². The molecule has 0 saturated heterocycles. The molecule has 6 heteroatoms. The van der Waals surface area contributed by atoms with E-state index in [0.717, 1.165) is 26.8 Å². The topological polar surface area (TPSA) is 37.3 Å². The second-order valence-electron chi connectivity index (χ2n) is 4.76. The fourth-order valence-corrected chi connectivity index (χ4v) is 4.24. The number of thiophene rings is 2.